The average molecular weight is 312 g/mol. The Morgan fingerprint density at radius 3 is 2.86 bits per heavy atom. The van der Waals surface area contributed by atoms with E-state index in [4.69, 9.17) is 4.74 Å². The summed E-state index contributed by atoms with van der Waals surface area (Å²) >= 11 is 0. The van der Waals surface area contributed by atoms with Crippen molar-refractivity contribution in [3.05, 3.63) is 29.3 Å². The topological polar surface area (TPSA) is 67.4 Å². The highest BCUT2D eigenvalue weighted by Gasteiger charge is 2.19. The second-order valence-corrected chi connectivity index (χ2v) is 7.28. The van der Waals surface area contributed by atoms with Crippen molar-refractivity contribution in [3.8, 4) is 0 Å². The van der Waals surface area contributed by atoms with Crippen LogP contribution in [0.25, 0.3) is 0 Å². The van der Waals surface area contributed by atoms with Gasteiger partial charge in [-0.3, -0.25) is 0 Å². The lowest BCUT2D eigenvalue weighted by Gasteiger charge is -2.12. The van der Waals surface area contributed by atoms with Crippen molar-refractivity contribution in [2.24, 2.45) is 5.92 Å². The van der Waals surface area contributed by atoms with Crippen LogP contribution in [0.1, 0.15) is 24.0 Å². The van der Waals surface area contributed by atoms with Crippen molar-refractivity contribution in [2.75, 3.05) is 26.8 Å². The van der Waals surface area contributed by atoms with Crippen molar-refractivity contribution in [3.63, 3.8) is 0 Å². The van der Waals surface area contributed by atoms with Gasteiger partial charge in [0.25, 0.3) is 0 Å². The van der Waals surface area contributed by atoms with Crippen LogP contribution in [0.3, 0.4) is 0 Å². The highest BCUT2D eigenvalue weighted by Crippen LogP contribution is 2.19. The van der Waals surface area contributed by atoms with E-state index in [1.165, 1.54) is 0 Å². The van der Waals surface area contributed by atoms with Gasteiger partial charge in [0.2, 0.25) is 10.0 Å². The zero-order valence-corrected chi connectivity index (χ0v) is 13.5. The molecule has 0 bridgehead atoms. The molecule has 0 radical (unpaired) electrons. The first-order valence-electron chi connectivity index (χ1n) is 7.34. The zero-order valence-electron chi connectivity index (χ0n) is 12.7. The van der Waals surface area contributed by atoms with Crippen LogP contribution in [-0.2, 0) is 21.3 Å². The van der Waals surface area contributed by atoms with Crippen molar-refractivity contribution in [1.29, 1.82) is 0 Å². The number of benzene rings is 1. The Hall–Kier alpha value is -0.950. The van der Waals surface area contributed by atoms with Gasteiger partial charge in [0.15, 0.2) is 0 Å². The molecule has 0 aliphatic carbocycles. The maximum absolute atomic E-state index is 12.4. The number of hydrogen-bond donors (Lipinski definition) is 2. The van der Waals surface area contributed by atoms with Gasteiger partial charge in [0, 0.05) is 26.3 Å². The number of aryl methyl sites for hydroxylation is 1. The average Bonchev–Trinajstić information content (AvgIpc) is 2.94. The molecule has 5 nitrogen and oxygen atoms in total. The molecule has 118 valence electrons. The normalized spacial score (nSPS) is 19.0. The molecule has 1 heterocycles. The molecule has 1 aliphatic rings. The van der Waals surface area contributed by atoms with E-state index >= 15 is 0 Å². The fourth-order valence-corrected chi connectivity index (χ4v) is 3.87. The highest BCUT2D eigenvalue weighted by molar-refractivity contribution is 7.89. The predicted octanol–water partition coefficient (Wildman–Crippen LogP) is 1.42. The van der Waals surface area contributed by atoms with Crippen molar-refractivity contribution in [1.82, 2.24) is 10.0 Å². The van der Waals surface area contributed by atoms with Crippen LogP contribution in [0.5, 0.6) is 0 Å². The lowest BCUT2D eigenvalue weighted by Crippen LogP contribution is -2.27. The van der Waals surface area contributed by atoms with E-state index in [0.717, 1.165) is 37.2 Å². The van der Waals surface area contributed by atoms with Crippen LogP contribution in [-0.4, -0.2) is 35.2 Å². The molecule has 6 heteroatoms. The standard InChI is InChI=1S/C15H24N2O3S/c1-12-3-4-14(10-16-2)9-15(12)21(18,19)17-7-5-13-6-8-20-11-13/h3-4,9,13,16-17H,5-8,10-11H2,1-2H3. The Morgan fingerprint density at radius 2 is 2.19 bits per heavy atom. The SMILES string of the molecule is CNCc1ccc(C)c(S(=O)(=O)NCCC2CCOC2)c1. The fourth-order valence-electron chi connectivity index (χ4n) is 2.53. The van der Waals surface area contributed by atoms with Crippen molar-refractivity contribution >= 4 is 10.0 Å². The van der Waals surface area contributed by atoms with E-state index in [1.54, 1.807) is 6.07 Å². The van der Waals surface area contributed by atoms with Crippen LogP contribution in [0.4, 0.5) is 0 Å². The number of sulfonamides is 1. The van der Waals surface area contributed by atoms with Gasteiger partial charge >= 0.3 is 0 Å². The summed E-state index contributed by atoms with van der Waals surface area (Å²) in [7, 11) is -1.60. The van der Waals surface area contributed by atoms with Gasteiger partial charge in [-0.05, 0) is 49.9 Å². The van der Waals surface area contributed by atoms with Crippen LogP contribution < -0.4 is 10.0 Å². The minimum Gasteiger partial charge on any atom is -0.381 e. The second kappa shape index (κ2) is 7.35. The van der Waals surface area contributed by atoms with Gasteiger partial charge < -0.3 is 10.1 Å². The molecule has 0 saturated carbocycles. The van der Waals surface area contributed by atoms with E-state index in [0.29, 0.717) is 23.9 Å². The molecule has 1 fully saturated rings. The Balaban J connectivity index is 2.02. The smallest absolute Gasteiger partial charge is 0.240 e. The zero-order chi connectivity index (χ0) is 15.3. The van der Waals surface area contributed by atoms with Gasteiger partial charge in [-0.15, -0.1) is 0 Å². The molecular weight excluding hydrogens is 288 g/mol. The Bertz CT molecular complexity index is 566. The van der Waals surface area contributed by atoms with Crippen LogP contribution in [0, 0.1) is 12.8 Å². The third-order valence-corrected chi connectivity index (χ3v) is 5.39. The summed E-state index contributed by atoms with van der Waals surface area (Å²) in [4.78, 5) is 0.373. The van der Waals surface area contributed by atoms with Crippen LogP contribution >= 0.6 is 0 Å². The second-order valence-electron chi connectivity index (χ2n) is 5.55. The van der Waals surface area contributed by atoms with E-state index in [-0.39, 0.29) is 0 Å². The molecule has 1 aliphatic heterocycles. The lowest BCUT2D eigenvalue weighted by molar-refractivity contribution is 0.184. The third-order valence-electron chi connectivity index (χ3n) is 3.79. The van der Waals surface area contributed by atoms with Gasteiger partial charge in [0.1, 0.15) is 0 Å². The van der Waals surface area contributed by atoms with Crippen molar-refractivity contribution < 1.29 is 13.2 Å². The summed E-state index contributed by atoms with van der Waals surface area (Å²) in [5.41, 5.74) is 1.74. The quantitative estimate of drug-likeness (QED) is 0.799. The minimum absolute atomic E-state index is 0.373. The summed E-state index contributed by atoms with van der Waals surface area (Å²) in [5.74, 6) is 0.476. The largest absolute Gasteiger partial charge is 0.381 e. The molecule has 21 heavy (non-hydrogen) atoms. The molecule has 0 amide bonds. The molecule has 0 spiro atoms. The molecule has 1 atom stereocenters. The number of rotatable bonds is 7. The summed E-state index contributed by atoms with van der Waals surface area (Å²) in [6.45, 7) is 4.48. The Kier molecular flexibility index (Phi) is 5.75. The summed E-state index contributed by atoms with van der Waals surface area (Å²) in [6.07, 6.45) is 1.85. The summed E-state index contributed by atoms with van der Waals surface area (Å²) < 4.78 is 32.9. The molecule has 1 saturated heterocycles. The number of nitrogens with one attached hydrogen (secondary N) is 2. The van der Waals surface area contributed by atoms with Crippen LogP contribution in [0.15, 0.2) is 23.1 Å². The molecular formula is C15H24N2O3S. The first kappa shape index (κ1) is 16.4. The lowest BCUT2D eigenvalue weighted by atomic mass is 10.1. The molecule has 1 aromatic carbocycles. The molecule has 1 aromatic rings. The third kappa shape index (κ3) is 4.51. The van der Waals surface area contributed by atoms with Gasteiger partial charge in [0.05, 0.1) is 4.90 Å². The Morgan fingerprint density at radius 1 is 1.38 bits per heavy atom. The number of ether oxygens (including phenoxy) is 1. The highest BCUT2D eigenvalue weighted by atomic mass is 32.2. The van der Waals surface area contributed by atoms with Gasteiger partial charge in [-0.2, -0.15) is 0 Å². The summed E-state index contributed by atoms with van der Waals surface area (Å²) in [5, 5.41) is 3.03. The van der Waals surface area contributed by atoms with Gasteiger partial charge in [-0.1, -0.05) is 12.1 Å². The first-order valence-corrected chi connectivity index (χ1v) is 8.83. The van der Waals surface area contributed by atoms with E-state index in [1.807, 2.05) is 26.1 Å². The molecule has 0 aromatic heterocycles. The van der Waals surface area contributed by atoms with E-state index in [2.05, 4.69) is 10.0 Å². The monoisotopic (exact) mass is 312 g/mol. The first-order chi connectivity index (χ1) is 10.0. The minimum atomic E-state index is -3.44. The molecule has 2 rings (SSSR count). The molecule has 1 unspecified atom stereocenters. The van der Waals surface area contributed by atoms with E-state index in [9.17, 15) is 8.42 Å². The molecule has 2 N–H and O–H groups in total. The summed E-state index contributed by atoms with van der Waals surface area (Å²) in [6, 6.07) is 5.54. The van der Waals surface area contributed by atoms with Crippen LogP contribution in [0.2, 0.25) is 0 Å². The maximum atomic E-state index is 12.4. The van der Waals surface area contributed by atoms with Crippen molar-refractivity contribution in [2.45, 2.75) is 31.2 Å². The number of hydrogen-bond acceptors (Lipinski definition) is 4. The maximum Gasteiger partial charge on any atom is 0.240 e. The van der Waals surface area contributed by atoms with E-state index < -0.39 is 10.0 Å². The van der Waals surface area contributed by atoms with Gasteiger partial charge in [-0.25, -0.2) is 13.1 Å². The fraction of sp³-hybridized carbons (Fsp3) is 0.600. The predicted molar refractivity (Wildman–Crippen MR) is 82.7 cm³/mol. The Labute approximate surface area is 127 Å².